The van der Waals surface area contributed by atoms with Crippen molar-refractivity contribution in [2.45, 2.75) is 4.87 Å². The van der Waals surface area contributed by atoms with Crippen molar-refractivity contribution >= 4 is 69.6 Å². The van der Waals surface area contributed by atoms with Crippen LogP contribution in [-0.4, -0.2) is 10.8 Å². The molecule has 0 heterocycles. The highest BCUT2D eigenvalue weighted by atomic mass is 35.5. The highest BCUT2D eigenvalue weighted by Crippen LogP contribution is 2.51. The highest BCUT2D eigenvalue weighted by Gasteiger charge is 2.43. The molecule has 0 radical (unpaired) electrons. The van der Waals surface area contributed by atoms with Gasteiger partial charge in [0.15, 0.2) is 0 Å². The number of alkyl halides is 2. The number of hydrogen-bond donors (Lipinski definition) is 0. The van der Waals surface area contributed by atoms with Crippen LogP contribution in [0.5, 0.6) is 0 Å². The molecule has 0 aromatic carbocycles. The average Bonchev–Trinajstić information content (AvgIpc) is 2.22. The third-order valence-corrected chi connectivity index (χ3v) is 4.77. The number of hydrogen-bond acceptors (Lipinski definition) is 0. The summed E-state index contributed by atoms with van der Waals surface area (Å²) in [5.41, 5.74) is 0. The van der Waals surface area contributed by atoms with E-state index in [1.54, 1.807) is 0 Å². The van der Waals surface area contributed by atoms with Gasteiger partial charge < -0.3 is 0 Å². The minimum atomic E-state index is -1.14. The predicted molar refractivity (Wildman–Crippen MR) is 56.8 cm³/mol. The van der Waals surface area contributed by atoms with Crippen LogP contribution in [0.2, 0.25) is 0 Å². The minimum Gasteiger partial charge on any atom is -0.124 e. The molecular formula is C6H2Cl6. The van der Waals surface area contributed by atoms with Crippen LogP contribution in [0, 0.1) is 0 Å². The van der Waals surface area contributed by atoms with Gasteiger partial charge >= 0.3 is 0 Å². The first-order valence-corrected chi connectivity index (χ1v) is 5.24. The maximum atomic E-state index is 5.97. The van der Waals surface area contributed by atoms with Crippen LogP contribution >= 0.6 is 69.6 Å². The van der Waals surface area contributed by atoms with Crippen LogP contribution in [0.25, 0.3) is 0 Å². The van der Waals surface area contributed by atoms with Crippen molar-refractivity contribution in [3.63, 3.8) is 0 Å². The van der Waals surface area contributed by atoms with Crippen LogP contribution in [0.1, 0.15) is 0 Å². The van der Waals surface area contributed by atoms with Gasteiger partial charge in [-0.15, -0.1) is 23.2 Å². The Balaban J connectivity index is 3.25. The van der Waals surface area contributed by atoms with Crippen LogP contribution < -0.4 is 0 Å². The molecule has 1 aliphatic carbocycles. The Morgan fingerprint density at radius 2 is 1.25 bits per heavy atom. The molecule has 0 aromatic heterocycles. The Bertz CT molecular complexity index is 252. The summed E-state index contributed by atoms with van der Waals surface area (Å²) >= 11 is 34.5. The van der Waals surface area contributed by atoms with Crippen molar-refractivity contribution in [1.82, 2.24) is 0 Å². The second kappa shape index (κ2) is 3.76. The van der Waals surface area contributed by atoms with Gasteiger partial charge in [-0.25, -0.2) is 0 Å². The lowest BCUT2D eigenvalue weighted by Crippen LogP contribution is -2.22. The van der Waals surface area contributed by atoms with Crippen LogP contribution in [-0.2, 0) is 0 Å². The maximum Gasteiger partial charge on any atom is 0.132 e. The quantitative estimate of drug-likeness (QED) is 0.618. The van der Waals surface area contributed by atoms with Gasteiger partial charge in [-0.05, 0) is 0 Å². The summed E-state index contributed by atoms with van der Waals surface area (Å²) in [5.74, 6) is 0.0265. The van der Waals surface area contributed by atoms with E-state index in [0.29, 0.717) is 0 Å². The number of rotatable bonds is 1. The molecule has 6 heteroatoms. The third kappa shape index (κ3) is 1.47. The molecule has 0 aliphatic heterocycles. The molecule has 68 valence electrons. The van der Waals surface area contributed by atoms with E-state index >= 15 is 0 Å². The van der Waals surface area contributed by atoms with Crippen molar-refractivity contribution in [3.05, 3.63) is 20.1 Å². The first kappa shape index (κ1) is 11.3. The lowest BCUT2D eigenvalue weighted by atomic mass is 10.2. The molecule has 0 atom stereocenters. The van der Waals surface area contributed by atoms with E-state index in [1.165, 1.54) is 0 Å². The van der Waals surface area contributed by atoms with E-state index in [9.17, 15) is 0 Å². The van der Waals surface area contributed by atoms with Gasteiger partial charge in [0.2, 0.25) is 0 Å². The van der Waals surface area contributed by atoms with Crippen molar-refractivity contribution in [2.75, 3.05) is 5.88 Å². The van der Waals surface area contributed by atoms with Gasteiger partial charge in [0.1, 0.15) is 4.87 Å². The molecular weight excluding hydrogens is 285 g/mol. The third-order valence-electron chi connectivity index (χ3n) is 1.46. The molecule has 0 aromatic rings. The highest BCUT2D eigenvalue weighted by molar-refractivity contribution is 6.59. The van der Waals surface area contributed by atoms with Gasteiger partial charge in [-0.3, -0.25) is 0 Å². The Labute approximate surface area is 100.0 Å². The summed E-state index contributed by atoms with van der Waals surface area (Å²) in [4.78, 5) is -1.14. The Kier molecular flexibility index (Phi) is 3.54. The second-order valence-corrected chi connectivity index (χ2v) is 4.62. The van der Waals surface area contributed by atoms with Crippen LogP contribution in [0.3, 0.4) is 0 Å². The Hall–Kier alpha value is 1.22. The van der Waals surface area contributed by atoms with E-state index < -0.39 is 4.87 Å². The summed E-state index contributed by atoms with van der Waals surface area (Å²) in [5, 5.41) is 0.685. The summed E-state index contributed by atoms with van der Waals surface area (Å²) in [6, 6.07) is 0. The van der Waals surface area contributed by atoms with Crippen molar-refractivity contribution in [3.8, 4) is 0 Å². The zero-order chi connectivity index (χ0) is 9.52. The SMILES string of the molecule is ClCC1(Cl)C(Cl)=C(Cl)C(Cl)=C1Cl. The number of halogens is 6. The Morgan fingerprint density at radius 1 is 0.917 bits per heavy atom. The fourth-order valence-corrected chi connectivity index (χ4v) is 2.61. The summed E-state index contributed by atoms with van der Waals surface area (Å²) in [6.07, 6.45) is 0. The average molecular weight is 287 g/mol. The van der Waals surface area contributed by atoms with E-state index in [0.717, 1.165) is 0 Å². The fraction of sp³-hybridized carbons (Fsp3) is 0.333. The molecule has 0 fully saturated rings. The molecule has 0 nitrogen and oxygen atoms in total. The molecule has 0 saturated carbocycles. The van der Waals surface area contributed by atoms with Gasteiger partial charge in [-0.1, -0.05) is 46.4 Å². The largest absolute Gasteiger partial charge is 0.132 e. The van der Waals surface area contributed by atoms with Crippen LogP contribution in [0.15, 0.2) is 20.1 Å². The Morgan fingerprint density at radius 3 is 1.42 bits per heavy atom. The second-order valence-electron chi connectivity index (χ2n) is 2.19. The number of allylic oxidation sites excluding steroid dienone is 4. The summed E-state index contributed by atoms with van der Waals surface area (Å²) in [7, 11) is 0. The minimum absolute atomic E-state index is 0.0265. The van der Waals surface area contributed by atoms with Gasteiger partial charge in [0, 0.05) is 0 Å². The van der Waals surface area contributed by atoms with E-state index in [1.807, 2.05) is 0 Å². The predicted octanol–water partition coefficient (Wildman–Crippen LogP) is 4.59. The fourth-order valence-electron chi connectivity index (χ4n) is 0.754. The van der Waals surface area contributed by atoms with E-state index in [4.69, 9.17) is 69.6 Å². The standard InChI is InChI=1S/C6H2Cl6/c7-1-6(12)4(10)2(8)3(9)5(6)11/h1H2. The van der Waals surface area contributed by atoms with Gasteiger partial charge in [-0.2, -0.15) is 0 Å². The molecule has 0 unspecified atom stereocenters. The van der Waals surface area contributed by atoms with Crippen molar-refractivity contribution in [1.29, 1.82) is 0 Å². The first-order valence-electron chi connectivity index (χ1n) is 2.82. The van der Waals surface area contributed by atoms with E-state index in [2.05, 4.69) is 0 Å². The lowest BCUT2D eigenvalue weighted by molar-refractivity contribution is 0.976. The smallest absolute Gasteiger partial charge is 0.124 e. The zero-order valence-corrected chi connectivity index (χ0v) is 10.0. The summed E-state index contributed by atoms with van der Waals surface area (Å²) < 4.78 is 0. The lowest BCUT2D eigenvalue weighted by Gasteiger charge is -2.18. The summed E-state index contributed by atoms with van der Waals surface area (Å²) in [6.45, 7) is 0. The molecule has 0 amide bonds. The molecule has 0 N–H and O–H groups in total. The van der Waals surface area contributed by atoms with E-state index in [-0.39, 0.29) is 26.0 Å². The van der Waals surface area contributed by atoms with Gasteiger partial charge in [0.25, 0.3) is 0 Å². The molecule has 0 spiro atoms. The molecule has 0 saturated heterocycles. The topological polar surface area (TPSA) is 0 Å². The molecule has 1 rings (SSSR count). The normalized spacial score (nSPS) is 22.5. The molecule has 12 heavy (non-hydrogen) atoms. The molecule has 0 bridgehead atoms. The molecule has 1 aliphatic rings. The van der Waals surface area contributed by atoms with Crippen LogP contribution in [0.4, 0.5) is 0 Å². The maximum absolute atomic E-state index is 5.97. The zero-order valence-electron chi connectivity index (χ0n) is 5.47. The van der Waals surface area contributed by atoms with Gasteiger partial charge in [0.05, 0.1) is 26.0 Å². The van der Waals surface area contributed by atoms with Crippen molar-refractivity contribution in [2.24, 2.45) is 0 Å². The van der Waals surface area contributed by atoms with Crippen molar-refractivity contribution < 1.29 is 0 Å². The monoisotopic (exact) mass is 284 g/mol. The first-order chi connectivity index (χ1) is 5.45.